The second kappa shape index (κ2) is 5.69. The molecule has 1 aromatic rings. The van der Waals surface area contributed by atoms with Crippen LogP contribution >= 0.6 is 0 Å². The average molecular weight is 325 g/mol. The Morgan fingerprint density at radius 3 is 2.82 bits per heavy atom. The van der Waals surface area contributed by atoms with Gasteiger partial charge in [-0.3, -0.25) is 13.8 Å². The van der Waals surface area contributed by atoms with Crippen molar-refractivity contribution < 1.29 is 18.5 Å². The molecular weight excluding hydrogens is 309 g/mol. The maximum Gasteiger partial charge on any atom is 0.253 e. The molecule has 2 heterocycles. The van der Waals surface area contributed by atoms with Crippen LogP contribution in [0.3, 0.4) is 0 Å². The number of halogens is 1. The molecule has 0 aliphatic carbocycles. The molecule has 0 radical (unpaired) electrons. The summed E-state index contributed by atoms with van der Waals surface area (Å²) in [6, 6.07) is 3.18. The lowest BCUT2D eigenvalue weighted by Crippen LogP contribution is -2.31. The van der Waals surface area contributed by atoms with Crippen LogP contribution in [0.1, 0.15) is 18.9 Å². The number of carbonyl (C=O) groups excluding carboxylic acids is 1. The maximum absolute atomic E-state index is 14.8. The smallest absolute Gasteiger partial charge is 0.253 e. The van der Waals surface area contributed by atoms with Crippen LogP contribution in [-0.2, 0) is 16.0 Å². The number of rotatable bonds is 2. The molecule has 6 nitrogen and oxygen atoms in total. The van der Waals surface area contributed by atoms with Gasteiger partial charge in [-0.1, -0.05) is 6.08 Å². The van der Waals surface area contributed by atoms with E-state index in [9.17, 15) is 18.5 Å². The van der Waals surface area contributed by atoms with Crippen LogP contribution < -0.4 is 14.3 Å². The molecule has 0 spiro atoms. The van der Waals surface area contributed by atoms with Crippen molar-refractivity contribution >= 4 is 28.3 Å². The molecule has 1 fully saturated rings. The summed E-state index contributed by atoms with van der Waals surface area (Å²) in [7, 11) is 0. The molecule has 0 saturated carbocycles. The highest BCUT2D eigenvalue weighted by Crippen LogP contribution is 2.36. The van der Waals surface area contributed by atoms with Crippen molar-refractivity contribution in [3.8, 4) is 5.75 Å². The summed E-state index contributed by atoms with van der Waals surface area (Å²) in [6.07, 6.45) is 2.73. The normalized spacial score (nSPS) is 25.1. The first-order chi connectivity index (χ1) is 10.5. The Kier molecular flexibility index (Phi) is 3.88. The number of phenolic OH excluding ortho intramolecular Hbond substituents is 1. The number of anilines is 1. The number of nitrogens with one attached hydrogen (secondary N) is 2. The summed E-state index contributed by atoms with van der Waals surface area (Å²) in [5.74, 6) is -1.49. The van der Waals surface area contributed by atoms with Gasteiger partial charge in [0.05, 0.1) is 0 Å². The summed E-state index contributed by atoms with van der Waals surface area (Å²) >= 11 is -1.88. The summed E-state index contributed by atoms with van der Waals surface area (Å²) in [6.45, 7) is 2.30. The van der Waals surface area contributed by atoms with E-state index in [-0.39, 0.29) is 18.0 Å². The number of carbonyl (C=O) groups is 1. The van der Waals surface area contributed by atoms with E-state index in [0.29, 0.717) is 18.2 Å². The molecule has 0 aromatic heterocycles. The fraction of sp³-hybridized carbons (Fsp3) is 0.357. The van der Waals surface area contributed by atoms with E-state index >= 15 is 0 Å². The van der Waals surface area contributed by atoms with Gasteiger partial charge in [-0.2, -0.15) is 0 Å². The van der Waals surface area contributed by atoms with Crippen molar-refractivity contribution in [2.45, 2.75) is 19.4 Å². The minimum absolute atomic E-state index is 0.214. The minimum atomic E-state index is -1.88. The zero-order valence-corrected chi connectivity index (χ0v) is 12.7. The molecular formula is C14H16FN3O3S. The third-order valence-corrected chi connectivity index (χ3v) is 4.85. The number of phenols is 1. The van der Waals surface area contributed by atoms with Gasteiger partial charge in [-0.15, -0.1) is 0 Å². The third kappa shape index (κ3) is 2.59. The molecule has 3 rings (SSSR count). The van der Waals surface area contributed by atoms with Crippen molar-refractivity contribution in [3.63, 3.8) is 0 Å². The first kappa shape index (κ1) is 15.0. The van der Waals surface area contributed by atoms with E-state index in [0.717, 1.165) is 16.3 Å². The average Bonchev–Trinajstić information content (AvgIpc) is 2.79. The second-order valence-electron chi connectivity index (χ2n) is 5.35. The Balaban J connectivity index is 2.03. The van der Waals surface area contributed by atoms with Gasteiger partial charge >= 0.3 is 0 Å². The topological polar surface area (TPSA) is 81.7 Å². The van der Waals surface area contributed by atoms with E-state index in [1.54, 1.807) is 0 Å². The molecule has 2 atom stereocenters. The van der Waals surface area contributed by atoms with E-state index in [4.69, 9.17) is 0 Å². The molecule has 1 amide bonds. The standard InChI is InChI=1S/C14H16FN3O3S/c1-8-2-3-9(6-16-8)10-4-5-11(19)14(13(10)15)18-7-12(20)17-22(18)21/h3-5,8,16,19H,2,6-7H2,1H3,(H,17,20). The third-order valence-electron chi connectivity index (χ3n) is 3.74. The second-order valence-corrected chi connectivity index (χ2v) is 6.50. The lowest BCUT2D eigenvalue weighted by Gasteiger charge is -2.23. The van der Waals surface area contributed by atoms with Crippen LogP contribution in [0.4, 0.5) is 10.1 Å². The molecule has 118 valence electrons. The van der Waals surface area contributed by atoms with Crippen LogP contribution in [0.2, 0.25) is 0 Å². The van der Waals surface area contributed by atoms with Crippen LogP contribution in [0, 0.1) is 5.82 Å². The number of benzene rings is 1. The van der Waals surface area contributed by atoms with Gasteiger partial charge < -0.3 is 10.4 Å². The van der Waals surface area contributed by atoms with Gasteiger partial charge in [0.2, 0.25) is 11.2 Å². The first-order valence-corrected chi connectivity index (χ1v) is 8.01. The van der Waals surface area contributed by atoms with Gasteiger partial charge in [0.1, 0.15) is 18.0 Å². The lowest BCUT2D eigenvalue weighted by molar-refractivity contribution is -0.117. The molecule has 2 aliphatic rings. The minimum Gasteiger partial charge on any atom is -0.506 e. The van der Waals surface area contributed by atoms with Gasteiger partial charge in [0.15, 0.2) is 5.82 Å². The summed E-state index contributed by atoms with van der Waals surface area (Å²) in [5.41, 5.74) is 0.901. The van der Waals surface area contributed by atoms with Gasteiger partial charge in [-0.05, 0) is 31.1 Å². The van der Waals surface area contributed by atoms with E-state index < -0.39 is 22.9 Å². The fourth-order valence-corrected chi connectivity index (χ4v) is 3.48. The molecule has 0 bridgehead atoms. The highest BCUT2D eigenvalue weighted by molar-refractivity contribution is 7.85. The molecule has 22 heavy (non-hydrogen) atoms. The van der Waals surface area contributed by atoms with E-state index in [2.05, 4.69) is 10.0 Å². The Labute approximate surface area is 129 Å². The predicted octanol–water partition coefficient (Wildman–Crippen LogP) is 0.811. The van der Waals surface area contributed by atoms with Crippen molar-refractivity contribution in [3.05, 3.63) is 29.6 Å². The molecule has 2 unspecified atom stereocenters. The number of aromatic hydroxyl groups is 1. The Morgan fingerprint density at radius 2 is 2.23 bits per heavy atom. The predicted molar refractivity (Wildman–Crippen MR) is 81.8 cm³/mol. The number of nitrogens with zero attached hydrogens (tertiary/aromatic N) is 1. The number of amides is 1. The van der Waals surface area contributed by atoms with E-state index in [1.165, 1.54) is 12.1 Å². The highest BCUT2D eigenvalue weighted by Gasteiger charge is 2.32. The largest absolute Gasteiger partial charge is 0.506 e. The van der Waals surface area contributed by atoms with Crippen LogP contribution in [0.5, 0.6) is 5.75 Å². The van der Waals surface area contributed by atoms with Gasteiger partial charge in [-0.25, -0.2) is 8.60 Å². The Morgan fingerprint density at radius 1 is 1.45 bits per heavy atom. The van der Waals surface area contributed by atoms with Crippen molar-refractivity contribution in [1.29, 1.82) is 0 Å². The van der Waals surface area contributed by atoms with Crippen LogP contribution in [0.25, 0.3) is 5.57 Å². The zero-order valence-electron chi connectivity index (χ0n) is 11.9. The molecule has 2 aliphatic heterocycles. The summed E-state index contributed by atoms with van der Waals surface area (Å²) in [4.78, 5) is 11.3. The van der Waals surface area contributed by atoms with Crippen LogP contribution in [-0.4, -0.2) is 34.4 Å². The van der Waals surface area contributed by atoms with Crippen molar-refractivity contribution in [2.75, 3.05) is 17.4 Å². The molecule has 1 saturated heterocycles. The van der Waals surface area contributed by atoms with E-state index in [1.807, 2.05) is 13.0 Å². The number of hydrogen-bond donors (Lipinski definition) is 3. The van der Waals surface area contributed by atoms with Gasteiger partial charge in [0.25, 0.3) is 5.91 Å². The number of hydrogen-bond acceptors (Lipinski definition) is 4. The van der Waals surface area contributed by atoms with Crippen LogP contribution in [0.15, 0.2) is 18.2 Å². The molecule has 3 N–H and O–H groups in total. The fourth-order valence-electron chi connectivity index (χ4n) is 2.54. The van der Waals surface area contributed by atoms with Gasteiger partial charge in [0, 0.05) is 18.2 Å². The first-order valence-electron chi connectivity index (χ1n) is 6.90. The molecule has 1 aromatic carbocycles. The van der Waals surface area contributed by atoms with Crippen molar-refractivity contribution in [2.24, 2.45) is 0 Å². The quantitative estimate of drug-likeness (QED) is 0.752. The summed E-state index contributed by atoms with van der Waals surface area (Å²) in [5, 5.41) is 13.2. The monoisotopic (exact) mass is 325 g/mol. The summed E-state index contributed by atoms with van der Waals surface area (Å²) < 4.78 is 29.8. The Bertz CT molecular complexity index is 692. The highest BCUT2D eigenvalue weighted by atomic mass is 32.2. The maximum atomic E-state index is 14.8. The molecule has 8 heteroatoms. The zero-order chi connectivity index (χ0) is 15.9. The Hall–Kier alpha value is -1.93. The lowest BCUT2D eigenvalue weighted by atomic mass is 9.98. The van der Waals surface area contributed by atoms with Crippen molar-refractivity contribution in [1.82, 2.24) is 10.0 Å². The SMILES string of the molecule is CC1CC=C(c2ccc(O)c(N3CC(=O)NS3=O)c2F)CN1.